The van der Waals surface area contributed by atoms with E-state index in [0.29, 0.717) is 23.1 Å². The Kier molecular flexibility index (Phi) is 6.74. The molecule has 0 amide bonds. The Balaban J connectivity index is 2.36. The highest BCUT2D eigenvalue weighted by Crippen LogP contribution is 2.29. The number of sulfonamides is 1. The zero-order valence-corrected chi connectivity index (χ0v) is 16.6. The molecule has 2 aromatic carbocycles. The van der Waals surface area contributed by atoms with Crippen LogP contribution in [0.1, 0.15) is 31.9 Å². The highest BCUT2D eigenvalue weighted by molar-refractivity contribution is 7.89. The van der Waals surface area contributed by atoms with E-state index in [1.54, 1.807) is 13.2 Å². The van der Waals surface area contributed by atoms with Gasteiger partial charge in [0.15, 0.2) is 0 Å². The van der Waals surface area contributed by atoms with E-state index in [1.807, 2.05) is 38.1 Å². The SMILES string of the molecule is COc1ccc([C@@H](CC(C)C)NS(=O)(=O)c2cc(Cl)ccc2Cl)cc1. The first-order valence-corrected chi connectivity index (χ1v) is 10.1. The van der Waals surface area contributed by atoms with Crippen molar-refractivity contribution >= 4 is 33.2 Å². The fourth-order valence-corrected chi connectivity index (χ4v) is 4.49. The second kappa shape index (κ2) is 8.41. The van der Waals surface area contributed by atoms with E-state index in [1.165, 1.54) is 12.1 Å². The minimum absolute atomic E-state index is 0.0241. The van der Waals surface area contributed by atoms with Gasteiger partial charge in [-0.05, 0) is 48.2 Å². The molecule has 136 valence electrons. The summed E-state index contributed by atoms with van der Waals surface area (Å²) in [5, 5.41) is 0.449. The average molecular weight is 402 g/mol. The van der Waals surface area contributed by atoms with Gasteiger partial charge in [0.05, 0.1) is 12.1 Å². The van der Waals surface area contributed by atoms with Crippen molar-refractivity contribution in [3.63, 3.8) is 0 Å². The van der Waals surface area contributed by atoms with Crippen LogP contribution in [0.5, 0.6) is 5.75 Å². The summed E-state index contributed by atoms with van der Waals surface area (Å²) in [6.07, 6.45) is 0.643. The molecule has 0 fully saturated rings. The molecule has 0 aliphatic rings. The molecule has 0 heterocycles. The summed E-state index contributed by atoms with van der Waals surface area (Å²) in [5.74, 6) is 1.01. The number of rotatable bonds is 7. The third-order valence-electron chi connectivity index (χ3n) is 3.71. The summed E-state index contributed by atoms with van der Waals surface area (Å²) < 4.78 is 33.5. The normalized spacial score (nSPS) is 13.0. The van der Waals surface area contributed by atoms with Crippen LogP contribution in [-0.4, -0.2) is 15.5 Å². The molecule has 25 heavy (non-hydrogen) atoms. The van der Waals surface area contributed by atoms with E-state index in [4.69, 9.17) is 27.9 Å². The Morgan fingerprint density at radius 2 is 1.72 bits per heavy atom. The molecule has 0 radical (unpaired) electrons. The van der Waals surface area contributed by atoms with Gasteiger partial charge in [-0.3, -0.25) is 0 Å². The highest BCUT2D eigenvalue weighted by Gasteiger charge is 2.24. The van der Waals surface area contributed by atoms with Crippen molar-refractivity contribution in [1.82, 2.24) is 4.72 Å². The molecule has 0 bridgehead atoms. The molecule has 0 saturated heterocycles. The minimum atomic E-state index is -3.82. The third kappa shape index (κ3) is 5.35. The molecule has 0 unspecified atom stereocenters. The van der Waals surface area contributed by atoms with Crippen molar-refractivity contribution in [2.24, 2.45) is 5.92 Å². The van der Waals surface area contributed by atoms with Crippen LogP contribution < -0.4 is 9.46 Å². The second-order valence-electron chi connectivity index (χ2n) is 6.15. The first kappa shape index (κ1) is 20.0. The molecule has 7 heteroatoms. The number of halogens is 2. The molecule has 0 saturated carbocycles. The molecule has 0 aromatic heterocycles. The maximum absolute atomic E-state index is 12.8. The molecule has 1 atom stereocenters. The second-order valence-corrected chi connectivity index (χ2v) is 8.68. The van der Waals surface area contributed by atoms with Crippen molar-refractivity contribution in [1.29, 1.82) is 0 Å². The topological polar surface area (TPSA) is 55.4 Å². The third-order valence-corrected chi connectivity index (χ3v) is 5.89. The fraction of sp³-hybridized carbons (Fsp3) is 0.333. The molecule has 2 rings (SSSR count). The predicted molar refractivity (Wildman–Crippen MR) is 102 cm³/mol. The lowest BCUT2D eigenvalue weighted by molar-refractivity contribution is 0.414. The van der Waals surface area contributed by atoms with Gasteiger partial charge in [0.25, 0.3) is 0 Å². The first-order valence-electron chi connectivity index (χ1n) is 7.84. The van der Waals surface area contributed by atoms with Gasteiger partial charge in [-0.25, -0.2) is 13.1 Å². The number of ether oxygens (including phenoxy) is 1. The maximum Gasteiger partial charge on any atom is 0.242 e. The molecule has 1 N–H and O–H groups in total. The zero-order valence-electron chi connectivity index (χ0n) is 14.3. The Hall–Kier alpha value is -1.27. The number of methoxy groups -OCH3 is 1. The van der Waals surface area contributed by atoms with E-state index in [-0.39, 0.29) is 16.0 Å². The maximum atomic E-state index is 12.8. The Morgan fingerprint density at radius 1 is 1.08 bits per heavy atom. The summed E-state index contributed by atoms with van der Waals surface area (Å²) in [7, 11) is -2.23. The van der Waals surface area contributed by atoms with E-state index < -0.39 is 10.0 Å². The summed E-state index contributed by atoms with van der Waals surface area (Å²) >= 11 is 12.0. The van der Waals surface area contributed by atoms with E-state index in [2.05, 4.69) is 4.72 Å². The van der Waals surface area contributed by atoms with Crippen LogP contribution in [0, 0.1) is 5.92 Å². The summed E-state index contributed by atoms with van der Waals surface area (Å²) in [6, 6.07) is 11.3. The Labute approximate surface area is 159 Å². The van der Waals surface area contributed by atoms with Crippen molar-refractivity contribution in [2.45, 2.75) is 31.2 Å². The summed E-state index contributed by atoms with van der Waals surface area (Å²) in [6.45, 7) is 4.08. The van der Waals surface area contributed by atoms with Gasteiger partial charge >= 0.3 is 0 Å². The Morgan fingerprint density at radius 3 is 2.28 bits per heavy atom. The molecular weight excluding hydrogens is 381 g/mol. The quantitative estimate of drug-likeness (QED) is 0.704. The van der Waals surface area contributed by atoms with E-state index in [0.717, 1.165) is 5.56 Å². The van der Waals surface area contributed by atoms with Crippen LogP contribution in [0.25, 0.3) is 0 Å². The van der Waals surface area contributed by atoms with Crippen LogP contribution in [0.4, 0.5) is 0 Å². The van der Waals surface area contributed by atoms with Gasteiger partial charge in [0.2, 0.25) is 10.0 Å². The van der Waals surface area contributed by atoms with Crippen LogP contribution >= 0.6 is 23.2 Å². The zero-order chi connectivity index (χ0) is 18.6. The van der Waals surface area contributed by atoms with Crippen molar-refractivity contribution < 1.29 is 13.2 Å². The molecule has 2 aromatic rings. The standard InChI is InChI=1S/C18H21Cl2NO3S/c1-12(2)10-17(13-4-7-15(24-3)8-5-13)21-25(22,23)18-11-14(19)6-9-16(18)20/h4-9,11-12,17,21H,10H2,1-3H3/t17-/m1/s1. The van der Waals surface area contributed by atoms with E-state index in [9.17, 15) is 8.42 Å². The number of nitrogens with one attached hydrogen (secondary N) is 1. The van der Waals surface area contributed by atoms with Crippen LogP contribution in [-0.2, 0) is 10.0 Å². The molecular formula is C18H21Cl2NO3S. The van der Waals surface area contributed by atoms with Crippen molar-refractivity contribution in [2.75, 3.05) is 7.11 Å². The van der Waals surface area contributed by atoms with Crippen molar-refractivity contribution in [3.8, 4) is 5.75 Å². The lowest BCUT2D eigenvalue weighted by atomic mass is 9.98. The van der Waals surface area contributed by atoms with Gasteiger partial charge < -0.3 is 4.74 Å². The molecule has 0 aliphatic heterocycles. The fourth-order valence-electron chi connectivity index (χ4n) is 2.49. The first-order chi connectivity index (χ1) is 11.7. The van der Waals surface area contributed by atoms with Gasteiger partial charge in [-0.1, -0.05) is 49.2 Å². The summed E-state index contributed by atoms with van der Waals surface area (Å²) in [5.41, 5.74) is 0.858. The molecule has 0 aliphatic carbocycles. The monoisotopic (exact) mass is 401 g/mol. The number of hydrogen-bond donors (Lipinski definition) is 1. The van der Waals surface area contributed by atoms with Crippen LogP contribution in [0.15, 0.2) is 47.4 Å². The predicted octanol–water partition coefficient (Wildman–Crippen LogP) is 5.07. The Bertz CT molecular complexity index is 821. The number of benzene rings is 2. The lowest BCUT2D eigenvalue weighted by Crippen LogP contribution is -2.30. The van der Waals surface area contributed by atoms with Crippen LogP contribution in [0.3, 0.4) is 0 Å². The van der Waals surface area contributed by atoms with Gasteiger partial charge in [0.1, 0.15) is 10.6 Å². The van der Waals surface area contributed by atoms with E-state index >= 15 is 0 Å². The molecule has 4 nitrogen and oxygen atoms in total. The highest BCUT2D eigenvalue weighted by atomic mass is 35.5. The van der Waals surface area contributed by atoms with Crippen molar-refractivity contribution in [3.05, 3.63) is 58.1 Å². The minimum Gasteiger partial charge on any atom is -0.497 e. The summed E-state index contributed by atoms with van der Waals surface area (Å²) in [4.78, 5) is -0.0241. The largest absolute Gasteiger partial charge is 0.497 e. The van der Waals surface area contributed by atoms with Gasteiger partial charge in [0, 0.05) is 11.1 Å². The smallest absolute Gasteiger partial charge is 0.242 e. The number of hydrogen-bond acceptors (Lipinski definition) is 3. The molecule has 0 spiro atoms. The average Bonchev–Trinajstić information content (AvgIpc) is 2.56. The lowest BCUT2D eigenvalue weighted by Gasteiger charge is -2.22. The van der Waals surface area contributed by atoms with Crippen LogP contribution in [0.2, 0.25) is 10.0 Å². The van der Waals surface area contributed by atoms with Gasteiger partial charge in [-0.15, -0.1) is 0 Å². The van der Waals surface area contributed by atoms with Gasteiger partial charge in [-0.2, -0.15) is 0 Å².